The molecular formula is C10H14N6O2S. The van der Waals surface area contributed by atoms with Crippen molar-refractivity contribution in [3.8, 4) is 0 Å². The third-order valence-electron chi connectivity index (χ3n) is 2.40. The molecule has 0 aromatic carbocycles. The number of sulfonamides is 1. The maximum Gasteiger partial charge on any atom is 0.260 e. The quantitative estimate of drug-likeness (QED) is 0.754. The van der Waals surface area contributed by atoms with Crippen LogP contribution in [0.5, 0.6) is 0 Å². The van der Waals surface area contributed by atoms with Crippen LogP contribution in [0.25, 0.3) is 0 Å². The van der Waals surface area contributed by atoms with Gasteiger partial charge < -0.3 is 5.32 Å². The highest BCUT2D eigenvalue weighted by Gasteiger charge is 2.18. The van der Waals surface area contributed by atoms with E-state index in [9.17, 15) is 8.42 Å². The SMILES string of the molecule is CNc1cccnc1S(=O)(=O)NCCn1ccnn1. The number of nitrogens with one attached hydrogen (secondary N) is 2. The van der Waals surface area contributed by atoms with E-state index in [0.717, 1.165) is 0 Å². The standard InChI is InChI=1S/C10H14N6O2S/c1-11-9-3-2-4-12-10(9)19(17,18)14-6-8-16-7-5-13-15-16/h2-5,7,11,14H,6,8H2,1H3. The molecule has 2 N–H and O–H groups in total. The summed E-state index contributed by atoms with van der Waals surface area (Å²) in [7, 11) is -2.00. The first-order valence-corrected chi connectivity index (χ1v) is 7.08. The predicted octanol–water partition coefficient (Wildman–Crippen LogP) is -0.307. The summed E-state index contributed by atoms with van der Waals surface area (Å²) in [5, 5.41) is 10.2. The summed E-state index contributed by atoms with van der Waals surface area (Å²) in [4.78, 5) is 3.89. The van der Waals surface area contributed by atoms with Crippen molar-refractivity contribution in [2.24, 2.45) is 0 Å². The number of rotatable bonds is 6. The van der Waals surface area contributed by atoms with Crippen LogP contribution in [0.1, 0.15) is 0 Å². The fraction of sp³-hybridized carbons (Fsp3) is 0.300. The van der Waals surface area contributed by atoms with Crippen molar-refractivity contribution >= 4 is 15.7 Å². The Morgan fingerprint density at radius 2 is 2.21 bits per heavy atom. The summed E-state index contributed by atoms with van der Waals surface area (Å²) in [5.41, 5.74) is 0.454. The van der Waals surface area contributed by atoms with Crippen molar-refractivity contribution in [3.05, 3.63) is 30.7 Å². The highest BCUT2D eigenvalue weighted by Crippen LogP contribution is 2.16. The Kier molecular flexibility index (Phi) is 4.07. The fourth-order valence-electron chi connectivity index (χ4n) is 1.51. The van der Waals surface area contributed by atoms with Gasteiger partial charge in [0, 0.05) is 26.0 Å². The second kappa shape index (κ2) is 5.76. The molecule has 0 aliphatic heterocycles. The molecule has 2 heterocycles. The monoisotopic (exact) mass is 282 g/mol. The van der Waals surface area contributed by atoms with E-state index in [0.29, 0.717) is 12.2 Å². The van der Waals surface area contributed by atoms with E-state index in [1.165, 1.54) is 12.4 Å². The minimum absolute atomic E-state index is 0.0175. The number of hydrogen-bond acceptors (Lipinski definition) is 6. The van der Waals surface area contributed by atoms with E-state index in [2.05, 4.69) is 25.3 Å². The van der Waals surface area contributed by atoms with Gasteiger partial charge in [0.15, 0.2) is 5.03 Å². The van der Waals surface area contributed by atoms with Gasteiger partial charge in [-0.2, -0.15) is 0 Å². The zero-order valence-corrected chi connectivity index (χ0v) is 11.1. The van der Waals surface area contributed by atoms with Gasteiger partial charge in [-0.05, 0) is 12.1 Å². The smallest absolute Gasteiger partial charge is 0.260 e. The zero-order chi connectivity index (χ0) is 13.7. The lowest BCUT2D eigenvalue weighted by Gasteiger charge is -2.09. The molecule has 0 amide bonds. The van der Waals surface area contributed by atoms with Crippen molar-refractivity contribution in [1.82, 2.24) is 24.7 Å². The van der Waals surface area contributed by atoms with Crippen molar-refractivity contribution in [2.75, 3.05) is 18.9 Å². The Balaban J connectivity index is 2.05. The Hall–Kier alpha value is -2.00. The van der Waals surface area contributed by atoms with Gasteiger partial charge in [0.25, 0.3) is 10.0 Å². The Labute approximate surface area is 110 Å². The largest absolute Gasteiger partial charge is 0.386 e. The average Bonchev–Trinajstić information content (AvgIpc) is 2.91. The van der Waals surface area contributed by atoms with Crippen LogP contribution < -0.4 is 10.0 Å². The highest BCUT2D eigenvalue weighted by molar-refractivity contribution is 7.89. The summed E-state index contributed by atoms with van der Waals surface area (Å²) in [6.45, 7) is 0.617. The van der Waals surface area contributed by atoms with E-state index in [4.69, 9.17) is 0 Å². The van der Waals surface area contributed by atoms with Gasteiger partial charge in [0.1, 0.15) is 0 Å². The second-order valence-electron chi connectivity index (χ2n) is 3.67. The first-order chi connectivity index (χ1) is 9.13. The Morgan fingerprint density at radius 3 is 2.89 bits per heavy atom. The minimum atomic E-state index is -3.64. The normalized spacial score (nSPS) is 11.4. The van der Waals surface area contributed by atoms with Gasteiger partial charge in [-0.25, -0.2) is 18.1 Å². The number of hydrogen-bond donors (Lipinski definition) is 2. The number of nitrogens with zero attached hydrogens (tertiary/aromatic N) is 4. The molecule has 2 aromatic heterocycles. The lowest BCUT2D eigenvalue weighted by Crippen LogP contribution is -2.28. The van der Waals surface area contributed by atoms with Gasteiger partial charge >= 0.3 is 0 Å². The van der Waals surface area contributed by atoms with Crippen molar-refractivity contribution in [2.45, 2.75) is 11.6 Å². The fourth-order valence-corrected chi connectivity index (χ4v) is 2.67. The van der Waals surface area contributed by atoms with Crippen molar-refractivity contribution in [3.63, 3.8) is 0 Å². The van der Waals surface area contributed by atoms with Gasteiger partial charge in [0.2, 0.25) is 0 Å². The third-order valence-corrected chi connectivity index (χ3v) is 3.82. The molecule has 0 radical (unpaired) electrons. The second-order valence-corrected chi connectivity index (χ2v) is 5.35. The van der Waals surface area contributed by atoms with Gasteiger partial charge in [-0.15, -0.1) is 5.10 Å². The number of anilines is 1. The summed E-state index contributed by atoms with van der Waals surface area (Å²) in [5.74, 6) is 0. The van der Waals surface area contributed by atoms with Crippen LogP contribution >= 0.6 is 0 Å². The Bertz CT molecular complexity index is 625. The maximum absolute atomic E-state index is 12.1. The first kappa shape index (κ1) is 13.4. The first-order valence-electron chi connectivity index (χ1n) is 5.60. The van der Waals surface area contributed by atoms with E-state index in [1.807, 2.05) is 0 Å². The molecule has 19 heavy (non-hydrogen) atoms. The molecule has 9 heteroatoms. The van der Waals surface area contributed by atoms with Gasteiger partial charge in [-0.1, -0.05) is 5.21 Å². The maximum atomic E-state index is 12.1. The third kappa shape index (κ3) is 3.26. The van der Waals surface area contributed by atoms with E-state index < -0.39 is 10.0 Å². The van der Waals surface area contributed by atoms with Crippen LogP contribution in [0.2, 0.25) is 0 Å². The van der Waals surface area contributed by atoms with Crippen LogP contribution in [-0.4, -0.2) is 42.0 Å². The molecule has 0 spiro atoms. The molecule has 0 atom stereocenters. The molecule has 8 nitrogen and oxygen atoms in total. The van der Waals surface area contributed by atoms with E-state index >= 15 is 0 Å². The van der Waals surface area contributed by atoms with Gasteiger partial charge in [0.05, 0.1) is 18.4 Å². The van der Waals surface area contributed by atoms with Crippen LogP contribution in [0.15, 0.2) is 35.7 Å². The van der Waals surface area contributed by atoms with Crippen LogP contribution in [0, 0.1) is 0 Å². The molecule has 102 valence electrons. The van der Waals surface area contributed by atoms with Crippen LogP contribution in [0.3, 0.4) is 0 Å². The predicted molar refractivity (Wildman–Crippen MR) is 69.0 cm³/mol. The zero-order valence-electron chi connectivity index (χ0n) is 10.3. The number of pyridine rings is 1. The summed E-state index contributed by atoms with van der Waals surface area (Å²) in [6.07, 6.45) is 4.63. The topological polar surface area (TPSA) is 102 Å². The Morgan fingerprint density at radius 1 is 1.37 bits per heavy atom. The summed E-state index contributed by atoms with van der Waals surface area (Å²) < 4.78 is 28.2. The molecule has 2 rings (SSSR count). The molecule has 0 saturated carbocycles. The van der Waals surface area contributed by atoms with Crippen LogP contribution in [-0.2, 0) is 16.6 Å². The lowest BCUT2D eigenvalue weighted by molar-refractivity contribution is 0.551. The lowest BCUT2D eigenvalue weighted by atomic mass is 10.4. The highest BCUT2D eigenvalue weighted by atomic mass is 32.2. The molecule has 0 unspecified atom stereocenters. The molecule has 2 aromatic rings. The van der Waals surface area contributed by atoms with Crippen LogP contribution in [0.4, 0.5) is 5.69 Å². The van der Waals surface area contributed by atoms with Crippen molar-refractivity contribution < 1.29 is 8.42 Å². The van der Waals surface area contributed by atoms with E-state index in [-0.39, 0.29) is 11.6 Å². The molecule has 0 bridgehead atoms. The molecule has 0 aliphatic carbocycles. The van der Waals surface area contributed by atoms with Crippen molar-refractivity contribution in [1.29, 1.82) is 0 Å². The molecule has 0 fully saturated rings. The molecule has 0 aliphatic rings. The van der Waals surface area contributed by atoms with Gasteiger partial charge in [-0.3, -0.25) is 4.68 Å². The average molecular weight is 282 g/mol. The molecule has 0 saturated heterocycles. The van der Waals surface area contributed by atoms with E-state index in [1.54, 1.807) is 30.1 Å². The summed E-state index contributed by atoms with van der Waals surface area (Å²) >= 11 is 0. The summed E-state index contributed by atoms with van der Waals surface area (Å²) in [6, 6.07) is 3.32. The number of aromatic nitrogens is 4. The molecular weight excluding hydrogens is 268 g/mol. The minimum Gasteiger partial charge on any atom is -0.386 e.